The molecule has 20 heavy (non-hydrogen) atoms. The molecule has 0 heterocycles. The average molecular weight is 286 g/mol. The van der Waals surface area contributed by atoms with Crippen LogP contribution >= 0.6 is 0 Å². The number of esters is 1. The molecule has 0 fully saturated rings. The molecule has 1 N–H and O–H groups in total. The lowest BCUT2D eigenvalue weighted by molar-refractivity contribution is -0.141. The highest BCUT2D eigenvalue weighted by Crippen LogP contribution is 2.12. The monoisotopic (exact) mass is 286 g/mol. The molecule has 0 aromatic heterocycles. The molecule has 0 saturated carbocycles. The van der Waals surface area contributed by atoms with Crippen LogP contribution in [0.2, 0.25) is 0 Å². The van der Waals surface area contributed by atoms with Crippen molar-refractivity contribution in [2.24, 2.45) is 0 Å². The highest BCUT2D eigenvalue weighted by atomic mass is 16.5. The Morgan fingerprint density at radius 3 is 1.55 bits per heavy atom. The van der Waals surface area contributed by atoms with E-state index in [0.717, 1.165) is 32.1 Å². The number of carbonyl (C=O) groups excluding carboxylic acids is 1. The summed E-state index contributed by atoms with van der Waals surface area (Å²) in [6.45, 7) is 2.01. The average Bonchev–Trinajstić information content (AvgIpc) is 2.38. The largest absolute Gasteiger partial charge is 0.481 e. The highest BCUT2D eigenvalue weighted by Gasteiger charge is 1.97. The molecule has 0 aromatic rings. The van der Waals surface area contributed by atoms with E-state index in [1.165, 1.54) is 45.4 Å². The number of carboxylic acid groups (broad SMARTS) is 1. The van der Waals surface area contributed by atoms with Crippen LogP contribution in [0.4, 0.5) is 0 Å². The van der Waals surface area contributed by atoms with Crippen LogP contribution in [0, 0.1) is 0 Å². The Kier molecular flexibility index (Phi) is 13.6. The summed E-state index contributed by atoms with van der Waals surface area (Å²) in [5, 5.41) is 8.49. The van der Waals surface area contributed by atoms with Crippen molar-refractivity contribution in [1.29, 1.82) is 0 Å². The molecule has 4 nitrogen and oxygen atoms in total. The van der Waals surface area contributed by atoms with E-state index in [4.69, 9.17) is 9.84 Å². The number of carbonyl (C=O) groups is 2. The SMILES string of the molecule is CC(=O)OCCCCCCCCCCCCCC(=O)O. The first-order valence-electron chi connectivity index (χ1n) is 7.98. The summed E-state index contributed by atoms with van der Waals surface area (Å²) in [6, 6.07) is 0. The Bertz CT molecular complexity index is 225. The van der Waals surface area contributed by atoms with Crippen molar-refractivity contribution in [3.8, 4) is 0 Å². The molecule has 0 aliphatic carbocycles. The Labute approximate surface area is 122 Å². The first kappa shape index (κ1) is 18.9. The topological polar surface area (TPSA) is 63.6 Å². The van der Waals surface area contributed by atoms with E-state index in [1.807, 2.05) is 0 Å². The molecule has 0 amide bonds. The van der Waals surface area contributed by atoms with E-state index in [0.29, 0.717) is 13.0 Å². The molecule has 118 valence electrons. The number of hydrogen-bond donors (Lipinski definition) is 1. The summed E-state index contributed by atoms with van der Waals surface area (Å²) in [5.74, 6) is -0.868. The molecular weight excluding hydrogens is 256 g/mol. The second-order valence-electron chi connectivity index (χ2n) is 5.37. The second kappa shape index (κ2) is 14.4. The van der Waals surface area contributed by atoms with Gasteiger partial charge in [-0.15, -0.1) is 0 Å². The third kappa shape index (κ3) is 16.9. The maximum absolute atomic E-state index is 10.5. The van der Waals surface area contributed by atoms with Gasteiger partial charge in [-0.05, 0) is 12.8 Å². The minimum Gasteiger partial charge on any atom is -0.481 e. The number of aliphatic carboxylic acids is 1. The van der Waals surface area contributed by atoms with Crippen LogP contribution in [0.15, 0.2) is 0 Å². The van der Waals surface area contributed by atoms with Crippen molar-refractivity contribution in [3.63, 3.8) is 0 Å². The summed E-state index contributed by atoms with van der Waals surface area (Å²) in [5.41, 5.74) is 0. The van der Waals surface area contributed by atoms with Crippen LogP contribution < -0.4 is 0 Å². The highest BCUT2D eigenvalue weighted by molar-refractivity contribution is 5.66. The Balaban J connectivity index is 2.99. The lowest BCUT2D eigenvalue weighted by Crippen LogP contribution is -2.00. The van der Waals surface area contributed by atoms with Gasteiger partial charge in [-0.1, -0.05) is 57.8 Å². The molecule has 0 saturated heterocycles. The van der Waals surface area contributed by atoms with Crippen molar-refractivity contribution < 1.29 is 19.4 Å². The zero-order chi connectivity index (χ0) is 15.1. The fourth-order valence-corrected chi connectivity index (χ4v) is 2.19. The van der Waals surface area contributed by atoms with Gasteiger partial charge in [-0.25, -0.2) is 0 Å². The standard InChI is InChI=1S/C16H30O4/c1-15(17)20-14-12-10-8-6-4-2-3-5-7-9-11-13-16(18)19/h2-14H2,1H3,(H,18,19). The Hall–Kier alpha value is -1.06. The number of hydrogen-bond acceptors (Lipinski definition) is 3. The molecule has 0 atom stereocenters. The summed E-state index contributed by atoms with van der Waals surface area (Å²) in [7, 11) is 0. The van der Waals surface area contributed by atoms with E-state index in [-0.39, 0.29) is 5.97 Å². The molecule has 0 bridgehead atoms. The van der Waals surface area contributed by atoms with Crippen molar-refractivity contribution in [1.82, 2.24) is 0 Å². The molecule has 0 aliphatic rings. The molecule has 0 aromatic carbocycles. The van der Waals surface area contributed by atoms with Crippen LogP contribution in [0.25, 0.3) is 0 Å². The number of ether oxygens (including phenoxy) is 1. The van der Waals surface area contributed by atoms with Gasteiger partial charge in [-0.2, -0.15) is 0 Å². The fraction of sp³-hybridized carbons (Fsp3) is 0.875. The first-order valence-corrected chi connectivity index (χ1v) is 7.98. The van der Waals surface area contributed by atoms with Crippen LogP contribution in [0.5, 0.6) is 0 Å². The maximum atomic E-state index is 10.5. The third-order valence-electron chi connectivity index (χ3n) is 3.34. The zero-order valence-corrected chi connectivity index (χ0v) is 12.9. The van der Waals surface area contributed by atoms with Gasteiger partial charge in [0.25, 0.3) is 0 Å². The van der Waals surface area contributed by atoms with Gasteiger partial charge in [0.15, 0.2) is 0 Å². The van der Waals surface area contributed by atoms with Crippen LogP contribution in [-0.4, -0.2) is 23.7 Å². The van der Waals surface area contributed by atoms with Gasteiger partial charge < -0.3 is 9.84 Å². The van der Waals surface area contributed by atoms with Gasteiger partial charge in [-0.3, -0.25) is 9.59 Å². The van der Waals surface area contributed by atoms with E-state index < -0.39 is 5.97 Å². The number of rotatable bonds is 14. The van der Waals surface area contributed by atoms with Gasteiger partial charge in [0.05, 0.1) is 6.61 Å². The summed E-state index contributed by atoms with van der Waals surface area (Å²) in [4.78, 5) is 20.8. The first-order chi connectivity index (χ1) is 9.63. The molecular formula is C16H30O4. The minimum atomic E-state index is -0.682. The quantitative estimate of drug-likeness (QED) is 0.381. The van der Waals surface area contributed by atoms with Crippen LogP contribution in [0.1, 0.15) is 84.0 Å². The van der Waals surface area contributed by atoms with E-state index in [2.05, 4.69) is 0 Å². The van der Waals surface area contributed by atoms with E-state index >= 15 is 0 Å². The van der Waals surface area contributed by atoms with E-state index in [9.17, 15) is 9.59 Å². The lowest BCUT2D eigenvalue weighted by atomic mass is 10.1. The maximum Gasteiger partial charge on any atom is 0.303 e. The van der Waals surface area contributed by atoms with Crippen LogP contribution in [0.3, 0.4) is 0 Å². The summed E-state index contributed by atoms with van der Waals surface area (Å²) < 4.78 is 4.87. The molecule has 0 unspecified atom stereocenters. The smallest absolute Gasteiger partial charge is 0.303 e. The Morgan fingerprint density at radius 2 is 1.15 bits per heavy atom. The number of unbranched alkanes of at least 4 members (excludes halogenated alkanes) is 10. The minimum absolute atomic E-state index is 0.187. The lowest BCUT2D eigenvalue weighted by Gasteiger charge is -2.03. The normalized spacial score (nSPS) is 10.4. The second-order valence-corrected chi connectivity index (χ2v) is 5.37. The summed E-state index contributed by atoms with van der Waals surface area (Å²) >= 11 is 0. The predicted molar refractivity (Wildman–Crippen MR) is 79.7 cm³/mol. The molecule has 4 heteroatoms. The molecule has 0 rings (SSSR count). The van der Waals surface area contributed by atoms with Gasteiger partial charge in [0, 0.05) is 13.3 Å². The van der Waals surface area contributed by atoms with Crippen molar-refractivity contribution in [2.45, 2.75) is 84.0 Å². The predicted octanol–water partition coefficient (Wildman–Crippen LogP) is 4.32. The van der Waals surface area contributed by atoms with Gasteiger partial charge >= 0.3 is 11.9 Å². The summed E-state index contributed by atoms with van der Waals surface area (Å²) in [6.07, 6.45) is 13.0. The van der Waals surface area contributed by atoms with Crippen molar-refractivity contribution in [2.75, 3.05) is 6.61 Å². The van der Waals surface area contributed by atoms with Crippen molar-refractivity contribution >= 4 is 11.9 Å². The third-order valence-corrected chi connectivity index (χ3v) is 3.34. The number of carboxylic acids is 1. The fourth-order valence-electron chi connectivity index (χ4n) is 2.19. The van der Waals surface area contributed by atoms with Gasteiger partial charge in [0.1, 0.15) is 0 Å². The Morgan fingerprint density at radius 1 is 0.750 bits per heavy atom. The van der Waals surface area contributed by atoms with Crippen LogP contribution in [-0.2, 0) is 14.3 Å². The van der Waals surface area contributed by atoms with Gasteiger partial charge in [0.2, 0.25) is 0 Å². The molecule has 0 radical (unpaired) electrons. The van der Waals surface area contributed by atoms with E-state index in [1.54, 1.807) is 0 Å². The molecule has 0 aliphatic heterocycles. The van der Waals surface area contributed by atoms with Crippen molar-refractivity contribution in [3.05, 3.63) is 0 Å². The molecule has 0 spiro atoms. The zero-order valence-electron chi connectivity index (χ0n) is 12.9.